The molecule has 0 aliphatic heterocycles. The van der Waals surface area contributed by atoms with Gasteiger partial charge in [0.05, 0.1) is 6.10 Å². The molecule has 0 saturated carbocycles. The maximum atomic E-state index is 12.0. The van der Waals surface area contributed by atoms with Crippen LogP contribution in [-0.2, 0) is 0 Å². The van der Waals surface area contributed by atoms with E-state index in [9.17, 15) is 9.90 Å². The van der Waals surface area contributed by atoms with Gasteiger partial charge in [0, 0.05) is 27.7 Å². The molecule has 0 spiro atoms. The number of halogens is 2. The van der Waals surface area contributed by atoms with Crippen LogP contribution in [0.5, 0.6) is 0 Å². The standard InChI is InChI=1S/C17H14Cl2N4O2S/c18-11-6-7-12(13(19)8-11)14(24)9-20-16(25)21-17-23-22-15(26-17)10-4-2-1-3-5-10/h1-8,14,24H,9H2,(H2,20,21,23,25). The van der Waals surface area contributed by atoms with Gasteiger partial charge in [-0.1, -0.05) is 70.9 Å². The van der Waals surface area contributed by atoms with Crippen LogP contribution in [0.3, 0.4) is 0 Å². The lowest BCUT2D eigenvalue weighted by Crippen LogP contribution is -2.32. The number of amides is 2. The van der Waals surface area contributed by atoms with Crippen molar-refractivity contribution < 1.29 is 9.90 Å². The Kier molecular flexibility index (Phi) is 6.05. The molecule has 9 heteroatoms. The Labute approximate surface area is 163 Å². The molecule has 1 heterocycles. The minimum absolute atomic E-state index is 0.0163. The van der Waals surface area contributed by atoms with Crippen molar-refractivity contribution in [3.8, 4) is 10.6 Å². The highest BCUT2D eigenvalue weighted by molar-refractivity contribution is 7.18. The quantitative estimate of drug-likeness (QED) is 0.584. The number of aromatic nitrogens is 2. The van der Waals surface area contributed by atoms with E-state index < -0.39 is 12.1 Å². The monoisotopic (exact) mass is 408 g/mol. The van der Waals surface area contributed by atoms with Gasteiger partial charge in [0.2, 0.25) is 5.13 Å². The maximum Gasteiger partial charge on any atom is 0.321 e. The number of carbonyl (C=O) groups excluding carboxylic acids is 1. The van der Waals surface area contributed by atoms with Gasteiger partial charge in [-0.2, -0.15) is 0 Å². The molecule has 3 N–H and O–H groups in total. The number of hydrogen-bond acceptors (Lipinski definition) is 5. The molecule has 1 unspecified atom stereocenters. The Bertz CT molecular complexity index is 905. The highest BCUT2D eigenvalue weighted by Crippen LogP contribution is 2.27. The van der Waals surface area contributed by atoms with E-state index in [0.717, 1.165) is 5.56 Å². The van der Waals surface area contributed by atoms with Crippen LogP contribution in [0, 0.1) is 0 Å². The minimum Gasteiger partial charge on any atom is -0.387 e. The second-order valence-electron chi connectivity index (χ2n) is 5.30. The van der Waals surface area contributed by atoms with Gasteiger partial charge in [-0.15, -0.1) is 10.2 Å². The van der Waals surface area contributed by atoms with Crippen molar-refractivity contribution in [3.05, 3.63) is 64.1 Å². The molecule has 3 aromatic rings. The number of carbonyl (C=O) groups is 1. The maximum absolute atomic E-state index is 12.0. The zero-order valence-electron chi connectivity index (χ0n) is 13.3. The number of nitrogens with zero attached hydrogens (tertiary/aromatic N) is 2. The van der Waals surface area contributed by atoms with Gasteiger partial charge >= 0.3 is 6.03 Å². The predicted octanol–water partition coefficient (Wildman–Crippen LogP) is 4.37. The number of benzene rings is 2. The number of hydrogen-bond donors (Lipinski definition) is 3. The molecule has 0 bridgehead atoms. The lowest BCUT2D eigenvalue weighted by molar-refractivity contribution is 0.175. The largest absolute Gasteiger partial charge is 0.387 e. The fourth-order valence-corrected chi connectivity index (χ4v) is 3.46. The van der Waals surface area contributed by atoms with Gasteiger partial charge in [-0.25, -0.2) is 4.79 Å². The van der Waals surface area contributed by atoms with Crippen molar-refractivity contribution in [1.82, 2.24) is 15.5 Å². The minimum atomic E-state index is -0.959. The Morgan fingerprint density at radius 2 is 1.92 bits per heavy atom. The molecule has 26 heavy (non-hydrogen) atoms. The number of aliphatic hydroxyl groups excluding tert-OH is 1. The van der Waals surface area contributed by atoms with Crippen LogP contribution in [0.4, 0.5) is 9.93 Å². The lowest BCUT2D eigenvalue weighted by atomic mass is 10.1. The molecular formula is C17H14Cl2N4O2S. The molecule has 0 aliphatic rings. The summed E-state index contributed by atoms with van der Waals surface area (Å²) in [7, 11) is 0. The third-order valence-electron chi connectivity index (χ3n) is 3.44. The third-order valence-corrected chi connectivity index (χ3v) is 4.89. The fraction of sp³-hybridized carbons (Fsp3) is 0.118. The smallest absolute Gasteiger partial charge is 0.321 e. The van der Waals surface area contributed by atoms with Crippen LogP contribution in [0.15, 0.2) is 48.5 Å². The highest BCUT2D eigenvalue weighted by Gasteiger charge is 2.14. The van der Waals surface area contributed by atoms with Crippen LogP contribution in [0.1, 0.15) is 11.7 Å². The number of urea groups is 1. The molecule has 0 radical (unpaired) electrons. The molecule has 0 fully saturated rings. The summed E-state index contributed by atoms with van der Waals surface area (Å²) in [5.41, 5.74) is 1.41. The Balaban J connectivity index is 1.55. The summed E-state index contributed by atoms with van der Waals surface area (Å²) >= 11 is 13.1. The molecule has 2 aromatic carbocycles. The van der Waals surface area contributed by atoms with Crippen molar-refractivity contribution in [2.24, 2.45) is 0 Å². The van der Waals surface area contributed by atoms with Gasteiger partial charge in [-0.05, 0) is 12.1 Å². The van der Waals surface area contributed by atoms with E-state index in [2.05, 4.69) is 20.8 Å². The molecule has 6 nitrogen and oxygen atoms in total. The SMILES string of the molecule is O=C(NCC(O)c1ccc(Cl)cc1Cl)Nc1nnc(-c2ccccc2)s1. The molecule has 134 valence electrons. The van der Waals surface area contributed by atoms with E-state index in [1.807, 2.05) is 30.3 Å². The summed E-state index contributed by atoms with van der Waals surface area (Å²) in [6, 6.07) is 13.8. The van der Waals surface area contributed by atoms with Crippen LogP contribution < -0.4 is 10.6 Å². The molecule has 2 amide bonds. The second kappa shape index (κ2) is 8.46. The van der Waals surface area contributed by atoms with Gasteiger partial charge < -0.3 is 10.4 Å². The summed E-state index contributed by atoms with van der Waals surface area (Å²) in [6.45, 7) is -0.0163. The van der Waals surface area contributed by atoms with Crippen molar-refractivity contribution in [2.75, 3.05) is 11.9 Å². The van der Waals surface area contributed by atoms with Gasteiger partial charge in [0.15, 0.2) is 0 Å². The molecule has 1 atom stereocenters. The van der Waals surface area contributed by atoms with E-state index in [0.29, 0.717) is 25.7 Å². The van der Waals surface area contributed by atoms with Crippen LogP contribution in [-0.4, -0.2) is 27.9 Å². The van der Waals surface area contributed by atoms with E-state index >= 15 is 0 Å². The molecule has 1 aromatic heterocycles. The summed E-state index contributed by atoms with van der Waals surface area (Å²) in [5.74, 6) is 0. The highest BCUT2D eigenvalue weighted by atomic mass is 35.5. The second-order valence-corrected chi connectivity index (χ2v) is 7.12. The Morgan fingerprint density at radius 1 is 1.15 bits per heavy atom. The Hall–Kier alpha value is -2.19. The number of rotatable bonds is 5. The predicted molar refractivity (Wildman–Crippen MR) is 104 cm³/mol. The summed E-state index contributed by atoms with van der Waals surface area (Å²) < 4.78 is 0. The molecule has 0 saturated heterocycles. The third kappa shape index (κ3) is 4.70. The Morgan fingerprint density at radius 3 is 2.65 bits per heavy atom. The number of aliphatic hydroxyl groups is 1. The van der Waals surface area contributed by atoms with E-state index in [1.54, 1.807) is 12.1 Å². The first-order chi connectivity index (χ1) is 12.5. The van der Waals surface area contributed by atoms with Gasteiger partial charge in [-0.3, -0.25) is 5.32 Å². The van der Waals surface area contributed by atoms with Crippen LogP contribution >= 0.6 is 34.5 Å². The van der Waals surface area contributed by atoms with Crippen molar-refractivity contribution in [1.29, 1.82) is 0 Å². The zero-order chi connectivity index (χ0) is 18.5. The molecule has 0 aliphatic carbocycles. The van der Waals surface area contributed by atoms with Crippen molar-refractivity contribution in [2.45, 2.75) is 6.10 Å². The first kappa shape index (κ1) is 18.6. The normalized spacial score (nSPS) is 11.8. The average molecular weight is 409 g/mol. The summed E-state index contributed by atoms with van der Waals surface area (Å²) in [6.07, 6.45) is -0.959. The van der Waals surface area contributed by atoms with Crippen molar-refractivity contribution in [3.63, 3.8) is 0 Å². The van der Waals surface area contributed by atoms with Crippen LogP contribution in [0.25, 0.3) is 10.6 Å². The first-order valence-corrected chi connectivity index (χ1v) is 9.17. The summed E-state index contributed by atoms with van der Waals surface area (Å²) in [4.78, 5) is 12.0. The molecular weight excluding hydrogens is 395 g/mol. The van der Waals surface area contributed by atoms with Crippen LogP contribution in [0.2, 0.25) is 10.0 Å². The van der Waals surface area contributed by atoms with Crippen molar-refractivity contribution >= 4 is 45.7 Å². The number of anilines is 1. The van der Waals surface area contributed by atoms with Gasteiger partial charge in [0.1, 0.15) is 5.01 Å². The van der Waals surface area contributed by atoms with E-state index in [1.165, 1.54) is 17.4 Å². The molecule has 3 rings (SSSR count). The van der Waals surface area contributed by atoms with Gasteiger partial charge in [0.25, 0.3) is 0 Å². The average Bonchev–Trinajstić information content (AvgIpc) is 3.09. The summed E-state index contributed by atoms with van der Waals surface area (Å²) in [5, 5.41) is 25.2. The topological polar surface area (TPSA) is 87.1 Å². The first-order valence-electron chi connectivity index (χ1n) is 7.59. The number of nitrogens with one attached hydrogen (secondary N) is 2. The lowest BCUT2D eigenvalue weighted by Gasteiger charge is -2.13. The zero-order valence-corrected chi connectivity index (χ0v) is 15.6. The fourth-order valence-electron chi connectivity index (χ4n) is 2.18. The van der Waals surface area contributed by atoms with E-state index in [-0.39, 0.29) is 6.54 Å². The van der Waals surface area contributed by atoms with E-state index in [4.69, 9.17) is 23.2 Å².